The number of para-hydroxylation sites is 2. The molecule has 5 nitrogen and oxygen atoms in total. The predicted octanol–water partition coefficient (Wildman–Crippen LogP) is 4.60. The highest BCUT2D eigenvalue weighted by atomic mass is 16.2. The van der Waals surface area contributed by atoms with Gasteiger partial charge < -0.3 is 14.8 Å². The minimum absolute atomic E-state index is 0.00942. The highest BCUT2D eigenvalue weighted by molar-refractivity contribution is 6.13. The van der Waals surface area contributed by atoms with Gasteiger partial charge in [-0.2, -0.15) is 0 Å². The number of fused-ring (bicyclic) bond motifs is 6. The first-order chi connectivity index (χ1) is 14.9. The maximum atomic E-state index is 14.3. The van der Waals surface area contributed by atoms with E-state index >= 15 is 0 Å². The van der Waals surface area contributed by atoms with Gasteiger partial charge in [0.15, 0.2) is 5.54 Å². The van der Waals surface area contributed by atoms with Crippen molar-refractivity contribution < 1.29 is 9.59 Å². The van der Waals surface area contributed by atoms with Crippen LogP contribution in [0.5, 0.6) is 0 Å². The molecule has 0 fully saturated rings. The number of carbonyl (C=O) groups is 2. The van der Waals surface area contributed by atoms with E-state index < -0.39 is 5.54 Å². The van der Waals surface area contributed by atoms with E-state index in [2.05, 4.69) is 11.1 Å². The third-order valence-electron chi connectivity index (χ3n) is 6.65. The normalized spacial score (nSPS) is 20.3. The lowest BCUT2D eigenvalue weighted by molar-refractivity contribution is -0.145. The van der Waals surface area contributed by atoms with Crippen LogP contribution in [0.3, 0.4) is 0 Å². The van der Waals surface area contributed by atoms with Gasteiger partial charge in [-0.1, -0.05) is 50.2 Å². The third-order valence-corrected chi connectivity index (χ3v) is 6.65. The molecule has 0 radical (unpaired) electrons. The SMILES string of the molecule is CC(C)CC(=O)N1CCc2c([nH]c3ccccc23)[C@]12C(=O)N(C(C)C)c1ccccc12. The zero-order chi connectivity index (χ0) is 21.9. The van der Waals surface area contributed by atoms with Crippen LogP contribution in [0.1, 0.15) is 50.9 Å². The minimum atomic E-state index is -1.14. The van der Waals surface area contributed by atoms with Crippen LogP contribution in [-0.2, 0) is 21.5 Å². The first kappa shape index (κ1) is 19.9. The van der Waals surface area contributed by atoms with Crippen LogP contribution >= 0.6 is 0 Å². The molecule has 2 aliphatic rings. The van der Waals surface area contributed by atoms with Gasteiger partial charge in [0.1, 0.15) is 0 Å². The van der Waals surface area contributed by atoms with Crippen molar-refractivity contribution in [1.29, 1.82) is 0 Å². The number of aromatic amines is 1. The quantitative estimate of drug-likeness (QED) is 0.680. The minimum Gasteiger partial charge on any atom is -0.355 e. The molecule has 1 N–H and O–H groups in total. The van der Waals surface area contributed by atoms with E-state index in [0.717, 1.165) is 39.8 Å². The summed E-state index contributed by atoms with van der Waals surface area (Å²) in [7, 11) is 0. The van der Waals surface area contributed by atoms with Gasteiger partial charge in [0.2, 0.25) is 5.91 Å². The van der Waals surface area contributed by atoms with Gasteiger partial charge in [-0.25, -0.2) is 0 Å². The van der Waals surface area contributed by atoms with E-state index in [1.165, 1.54) is 0 Å². The van der Waals surface area contributed by atoms with Crippen molar-refractivity contribution >= 4 is 28.4 Å². The molecule has 1 aromatic heterocycles. The van der Waals surface area contributed by atoms with Crippen LogP contribution < -0.4 is 4.90 Å². The first-order valence-corrected chi connectivity index (χ1v) is 11.2. The Kier molecular flexibility index (Phi) is 4.47. The van der Waals surface area contributed by atoms with Crippen molar-refractivity contribution in [1.82, 2.24) is 9.88 Å². The summed E-state index contributed by atoms with van der Waals surface area (Å²) in [6, 6.07) is 16.1. The molecule has 5 rings (SSSR count). The van der Waals surface area contributed by atoms with E-state index in [4.69, 9.17) is 0 Å². The zero-order valence-corrected chi connectivity index (χ0v) is 18.6. The van der Waals surface area contributed by atoms with Gasteiger partial charge in [0.05, 0.1) is 11.4 Å². The molecular weight excluding hydrogens is 386 g/mol. The molecule has 3 heterocycles. The van der Waals surface area contributed by atoms with Crippen LogP contribution in [0.25, 0.3) is 10.9 Å². The van der Waals surface area contributed by atoms with Crippen LogP contribution in [0.15, 0.2) is 48.5 Å². The number of amides is 2. The van der Waals surface area contributed by atoms with E-state index in [-0.39, 0.29) is 23.8 Å². The number of hydrogen-bond acceptors (Lipinski definition) is 2. The van der Waals surface area contributed by atoms with Gasteiger partial charge >= 0.3 is 0 Å². The fourth-order valence-corrected chi connectivity index (χ4v) is 5.47. The summed E-state index contributed by atoms with van der Waals surface area (Å²) in [5, 5.41) is 1.14. The molecule has 5 heteroatoms. The van der Waals surface area contributed by atoms with E-state index in [1.54, 1.807) is 0 Å². The molecule has 2 aliphatic heterocycles. The van der Waals surface area contributed by atoms with E-state index in [0.29, 0.717) is 13.0 Å². The highest BCUT2D eigenvalue weighted by Crippen LogP contribution is 2.52. The summed E-state index contributed by atoms with van der Waals surface area (Å²) in [4.78, 5) is 35.2. The number of hydrogen-bond donors (Lipinski definition) is 1. The molecule has 1 atom stereocenters. The predicted molar refractivity (Wildman–Crippen MR) is 123 cm³/mol. The Balaban J connectivity index is 1.84. The molecule has 0 saturated heterocycles. The molecule has 0 unspecified atom stereocenters. The molecule has 31 heavy (non-hydrogen) atoms. The summed E-state index contributed by atoms with van der Waals surface area (Å²) in [5.41, 5.74) is 3.68. The average molecular weight is 416 g/mol. The lowest BCUT2D eigenvalue weighted by Gasteiger charge is -2.44. The fraction of sp³-hybridized carbons (Fsp3) is 0.385. The number of rotatable bonds is 3. The molecular formula is C26H29N3O2. The zero-order valence-electron chi connectivity index (χ0n) is 18.6. The topological polar surface area (TPSA) is 56.4 Å². The summed E-state index contributed by atoms with van der Waals surface area (Å²) >= 11 is 0. The Morgan fingerprint density at radius 3 is 2.52 bits per heavy atom. The monoisotopic (exact) mass is 415 g/mol. The largest absolute Gasteiger partial charge is 0.355 e. The molecule has 2 amide bonds. The number of nitrogens with zero attached hydrogens (tertiary/aromatic N) is 2. The van der Waals surface area contributed by atoms with Crippen LogP contribution in [-0.4, -0.2) is 34.3 Å². The number of benzene rings is 2. The molecule has 1 spiro atoms. The van der Waals surface area contributed by atoms with Gasteiger partial charge in [0, 0.05) is 35.5 Å². The first-order valence-electron chi connectivity index (χ1n) is 11.2. The molecule has 0 saturated carbocycles. The molecule has 2 aromatic carbocycles. The van der Waals surface area contributed by atoms with E-state index in [1.807, 2.05) is 80.0 Å². The van der Waals surface area contributed by atoms with Gasteiger partial charge in [-0.3, -0.25) is 9.59 Å². The van der Waals surface area contributed by atoms with Crippen molar-refractivity contribution in [3.8, 4) is 0 Å². The van der Waals surface area contributed by atoms with Gasteiger partial charge in [-0.15, -0.1) is 0 Å². The Morgan fingerprint density at radius 1 is 1.06 bits per heavy atom. The Morgan fingerprint density at radius 2 is 1.77 bits per heavy atom. The lowest BCUT2D eigenvalue weighted by Crippen LogP contribution is -2.60. The molecule has 0 bridgehead atoms. The number of H-pyrrole nitrogens is 1. The van der Waals surface area contributed by atoms with Crippen molar-refractivity contribution in [2.75, 3.05) is 11.4 Å². The Bertz CT molecular complexity index is 1190. The highest BCUT2D eigenvalue weighted by Gasteiger charge is 2.60. The second-order valence-corrected chi connectivity index (χ2v) is 9.41. The van der Waals surface area contributed by atoms with Crippen LogP contribution in [0, 0.1) is 5.92 Å². The summed E-state index contributed by atoms with van der Waals surface area (Å²) in [6.07, 6.45) is 1.16. The maximum absolute atomic E-state index is 14.3. The van der Waals surface area contributed by atoms with Crippen molar-refractivity contribution in [3.05, 3.63) is 65.4 Å². The number of nitrogens with one attached hydrogen (secondary N) is 1. The van der Waals surface area contributed by atoms with Crippen molar-refractivity contribution in [2.24, 2.45) is 5.92 Å². The van der Waals surface area contributed by atoms with Gasteiger partial charge in [0.25, 0.3) is 5.91 Å². The molecule has 160 valence electrons. The average Bonchev–Trinajstić information content (AvgIpc) is 3.23. The third kappa shape index (κ3) is 2.62. The van der Waals surface area contributed by atoms with Crippen molar-refractivity contribution in [2.45, 2.75) is 52.1 Å². The Labute approximate surface area is 183 Å². The summed E-state index contributed by atoms with van der Waals surface area (Å²) < 4.78 is 0. The smallest absolute Gasteiger partial charge is 0.264 e. The number of aromatic nitrogens is 1. The van der Waals surface area contributed by atoms with Gasteiger partial charge in [-0.05, 0) is 43.9 Å². The van der Waals surface area contributed by atoms with E-state index in [9.17, 15) is 9.59 Å². The summed E-state index contributed by atoms with van der Waals surface area (Å²) in [6.45, 7) is 8.69. The van der Waals surface area contributed by atoms with Crippen LogP contribution in [0.2, 0.25) is 0 Å². The number of anilines is 1. The Hall–Kier alpha value is -3.08. The van der Waals surface area contributed by atoms with Crippen LogP contribution in [0.4, 0.5) is 5.69 Å². The molecule has 3 aromatic rings. The second-order valence-electron chi connectivity index (χ2n) is 9.41. The second kappa shape index (κ2) is 6.98. The van der Waals surface area contributed by atoms with Crippen molar-refractivity contribution in [3.63, 3.8) is 0 Å². The standard InChI is InChI=1S/C26H29N3O2/c1-16(2)15-23(30)28-14-13-19-18-9-5-7-11-21(18)27-24(19)26(28)20-10-6-8-12-22(20)29(17(3)4)25(26)31/h5-12,16-17,27H,13-15H2,1-4H3/t26-/m1/s1. The lowest BCUT2D eigenvalue weighted by atomic mass is 9.79. The maximum Gasteiger partial charge on any atom is 0.264 e. The fourth-order valence-electron chi connectivity index (χ4n) is 5.47. The summed E-state index contributed by atoms with van der Waals surface area (Å²) in [5.74, 6) is 0.225. The number of carbonyl (C=O) groups excluding carboxylic acids is 2. The molecule has 0 aliphatic carbocycles.